The predicted octanol–water partition coefficient (Wildman–Crippen LogP) is 6.09. The van der Waals surface area contributed by atoms with Gasteiger partial charge in [0.05, 0.1) is 22.7 Å². The zero-order valence-electron chi connectivity index (χ0n) is 16.6. The second-order valence-corrected chi connectivity index (χ2v) is 8.00. The number of carboxylic acid groups (broad SMARTS) is 1. The third-order valence-electron chi connectivity index (χ3n) is 5.13. The van der Waals surface area contributed by atoms with Crippen LogP contribution in [0, 0.1) is 23.1 Å². The first kappa shape index (κ1) is 25.3. The molecule has 0 saturated heterocycles. The Kier molecular flexibility index (Phi) is 8.78. The van der Waals surface area contributed by atoms with E-state index < -0.39 is 23.5 Å². The zero-order valence-corrected chi connectivity index (χ0v) is 18.2. The molecular weight excluding hydrogens is 496 g/mol. The number of aliphatic carboxylic acids is 1. The second-order valence-electron chi connectivity index (χ2n) is 7.14. The maximum atomic E-state index is 12.8. The highest BCUT2D eigenvalue weighted by Crippen LogP contribution is 2.39. The van der Waals surface area contributed by atoms with E-state index in [1.54, 1.807) is 0 Å². The highest BCUT2D eigenvalue weighted by atomic mass is 79.9. The van der Waals surface area contributed by atoms with Crippen LogP contribution in [0.3, 0.4) is 0 Å². The first-order valence-electron chi connectivity index (χ1n) is 9.57. The molecule has 170 valence electrons. The van der Waals surface area contributed by atoms with Gasteiger partial charge >= 0.3 is 12.1 Å². The number of hydrogen-bond acceptors (Lipinski definition) is 3. The molecule has 2 N–H and O–H groups in total. The van der Waals surface area contributed by atoms with Crippen LogP contribution in [-0.4, -0.2) is 17.5 Å². The van der Waals surface area contributed by atoms with Crippen molar-refractivity contribution in [1.29, 1.82) is 5.26 Å². The quantitative estimate of drug-likeness (QED) is 0.381. The molecule has 1 unspecified atom stereocenters. The summed E-state index contributed by atoms with van der Waals surface area (Å²) in [4.78, 5) is 21.2. The van der Waals surface area contributed by atoms with Crippen LogP contribution in [-0.2, 0) is 15.8 Å². The predicted molar refractivity (Wildman–Crippen MR) is 112 cm³/mol. The van der Waals surface area contributed by atoms with Crippen molar-refractivity contribution in [3.63, 3.8) is 0 Å². The molecule has 1 amide bonds. The van der Waals surface area contributed by atoms with Crippen molar-refractivity contribution in [2.75, 3.05) is 5.32 Å². The molecule has 1 aliphatic carbocycles. The van der Waals surface area contributed by atoms with E-state index in [0.717, 1.165) is 41.8 Å². The van der Waals surface area contributed by atoms with Crippen LogP contribution in [0.2, 0.25) is 0 Å². The minimum absolute atomic E-state index is 0.0384. The third-order valence-corrected chi connectivity index (χ3v) is 5.82. The Bertz CT molecular complexity index is 1020. The maximum Gasteiger partial charge on any atom is 0.416 e. The summed E-state index contributed by atoms with van der Waals surface area (Å²) in [6.45, 7) is 0. The van der Waals surface area contributed by atoms with E-state index >= 15 is 0 Å². The molecule has 0 aromatic heterocycles. The van der Waals surface area contributed by atoms with E-state index in [2.05, 4.69) is 22.0 Å². The molecule has 1 saturated carbocycles. The standard InChI is InChI=1S/C14H14BrNO2.C8H5F4NO/c15-13-6-5-9(7-10(13)8-16)11-3-1-2-4-12(11)14(17)18;9-6-3-5(8(10,11)12)1-2-7(6)13-4-14/h5-7,11-12H,1-4H2,(H,17,18);1-4H,(H,13,14)/t11-,12?;/m0./s1. The van der Waals surface area contributed by atoms with Crippen molar-refractivity contribution >= 4 is 34.0 Å². The summed E-state index contributed by atoms with van der Waals surface area (Å²) in [6.07, 6.45) is -0.727. The number of halogens is 5. The maximum absolute atomic E-state index is 12.8. The normalized spacial score (nSPS) is 18.0. The van der Waals surface area contributed by atoms with Crippen LogP contribution in [0.5, 0.6) is 0 Å². The van der Waals surface area contributed by atoms with Crippen LogP contribution >= 0.6 is 15.9 Å². The number of nitrogens with zero attached hydrogens (tertiary/aromatic N) is 1. The minimum atomic E-state index is -4.58. The van der Waals surface area contributed by atoms with Crippen molar-refractivity contribution in [2.24, 2.45) is 5.92 Å². The molecule has 1 aliphatic rings. The van der Waals surface area contributed by atoms with E-state index in [0.29, 0.717) is 17.7 Å². The summed E-state index contributed by atoms with van der Waals surface area (Å²) >= 11 is 3.32. The number of rotatable bonds is 4. The van der Waals surface area contributed by atoms with Gasteiger partial charge in [-0.3, -0.25) is 9.59 Å². The lowest BCUT2D eigenvalue weighted by Crippen LogP contribution is -2.25. The number of anilines is 1. The van der Waals surface area contributed by atoms with Gasteiger partial charge in [-0.2, -0.15) is 18.4 Å². The number of alkyl halides is 3. The van der Waals surface area contributed by atoms with Gasteiger partial charge in [-0.25, -0.2) is 4.39 Å². The smallest absolute Gasteiger partial charge is 0.416 e. The lowest BCUT2D eigenvalue weighted by molar-refractivity contribution is -0.143. The van der Waals surface area contributed by atoms with Crippen molar-refractivity contribution in [2.45, 2.75) is 37.8 Å². The molecule has 10 heteroatoms. The van der Waals surface area contributed by atoms with E-state index in [4.69, 9.17) is 5.26 Å². The monoisotopic (exact) mass is 514 g/mol. The Morgan fingerprint density at radius 2 is 1.88 bits per heavy atom. The minimum Gasteiger partial charge on any atom is -0.481 e. The SMILES string of the molecule is N#Cc1cc([C@@H]2CCCCC2C(=O)O)ccc1Br.O=CNc1ccc(C(F)(F)F)cc1F. The number of hydrogen-bond donors (Lipinski definition) is 2. The molecule has 2 atom stereocenters. The first-order chi connectivity index (χ1) is 15.1. The van der Waals surface area contributed by atoms with Crippen LogP contribution in [0.4, 0.5) is 23.2 Å². The van der Waals surface area contributed by atoms with Gasteiger partial charge < -0.3 is 10.4 Å². The average Bonchev–Trinajstić information content (AvgIpc) is 2.75. The van der Waals surface area contributed by atoms with Gasteiger partial charge in [0, 0.05) is 4.47 Å². The summed E-state index contributed by atoms with van der Waals surface area (Å²) in [7, 11) is 0. The zero-order chi connectivity index (χ0) is 23.9. The molecule has 0 spiro atoms. The molecule has 5 nitrogen and oxygen atoms in total. The van der Waals surface area contributed by atoms with Gasteiger partial charge in [-0.15, -0.1) is 0 Å². The topological polar surface area (TPSA) is 90.2 Å². The number of carbonyl (C=O) groups excluding carboxylic acids is 1. The fraction of sp³-hybridized carbons (Fsp3) is 0.318. The number of benzene rings is 2. The Balaban J connectivity index is 0.000000235. The fourth-order valence-corrected chi connectivity index (χ4v) is 3.89. The van der Waals surface area contributed by atoms with Crippen LogP contribution < -0.4 is 5.32 Å². The summed E-state index contributed by atoms with van der Waals surface area (Å²) in [5.74, 6) is -2.11. The van der Waals surface area contributed by atoms with Crippen molar-refractivity contribution in [1.82, 2.24) is 0 Å². The van der Waals surface area contributed by atoms with Crippen LogP contribution in [0.25, 0.3) is 0 Å². The van der Waals surface area contributed by atoms with Crippen molar-refractivity contribution in [3.05, 3.63) is 63.4 Å². The molecule has 0 heterocycles. The van der Waals surface area contributed by atoms with Gasteiger partial charge in [0.25, 0.3) is 0 Å². The molecule has 2 aromatic rings. The van der Waals surface area contributed by atoms with Gasteiger partial charge in [-0.1, -0.05) is 18.9 Å². The van der Waals surface area contributed by atoms with Crippen molar-refractivity contribution in [3.8, 4) is 6.07 Å². The van der Waals surface area contributed by atoms with E-state index in [1.807, 2.05) is 23.5 Å². The molecule has 0 radical (unpaired) electrons. The van der Waals surface area contributed by atoms with Crippen LogP contribution in [0.1, 0.15) is 48.3 Å². The largest absolute Gasteiger partial charge is 0.481 e. The molecule has 3 rings (SSSR count). The summed E-state index contributed by atoms with van der Waals surface area (Å²) in [6, 6.07) is 9.57. The highest BCUT2D eigenvalue weighted by Gasteiger charge is 2.32. The molecule has 32 heavy (non-hydrogen) atoms. The van der Waals surface area contributed by atoms with E-state index in [1.165, 1.54) is 0 Å². The summed E-state index contributed by atoms with van der Waals surface area (Å²) in [5, 5.41) is 20.2. The Morgan fingerprint density at radius 1 is 1.19 bits per heavy atom. The second kappa shape index (κ2) is 11.1. The number of amides is 1. The Labute approximate surface area is 190 Å². The molecule has 2 aromatic carbocycles. The Hall–Kier alpha value is -2.93. The van der Waals surface area contributed by atoms with Gasteiger partial charge in [0.1, 0.15) is 11.9 Å². The van der Waals surface area contributed by atoms with Gasteiger partial charge in [-0.05, 0) is 70.6 Å². The molecule has 0 bridgehead atoms. The van der Waals surface area contributed by atoms with Gasteiger partial charge in [0.2, 0.25) is 6.41 Å². The molecular formula is C22H19BrF4N2O3. The van der Waals surface area contributed by atoms with E-state index in [-0.39, 0.29) is 23.9 Å². The average molecular weight is 515 g/mol. The Morgan fingerprint density at radius 3 is 2.44 bits per heavy atom. The summed E-state index contributed by atoms with van der Waals surface area (Å²) < 4.78 is 49.7. The lowest BCUT2D eigenvalue weighted by Gasteiger charge is -2.29. The lowest BCUT2D eigenvalue weighted by atomic mass is 9.75. The van der Waals surface area contributed by atoms with E-state index in [9.17, 15) is 32.3 Å². The van der Waals surface area contributed by atoms with Crippen LogP contribution in [0.15, 0.2) is 40.9 Å². The third kappa shape index (κ3) is 6.53. The van der Waals surface area contributed by atoms with Gasteiger partial charge in [0.15, 0.2) is 0 Å². The number of nitriles is 1. The van der Waals surface area contributed by atoms with Crippen molar-refractivity contribution < 1.29 is 32.3 Å². The number of carbonyl (C=O) groups is 2. The number of nitrogens with one attached hydrogen (secondary N) is 1. The molecule has 1 fully saturated rings. The summed E-state index contributed by atoms with van der Waals surface area (Å²) in [5.41, 5.74) is 0.170. The number of carboxylic acids is 1. The molecule has 0 aliphatic heterocycles. The first-order valence-corrected chi connectivity index (χ1v) is 10.4. The highest BCUT2D eigenvalue weighted by molar-refractivity contribution is 9.10. The fourth-order valence-electron chi connectivity index (χ4n) is 3.56.